The van der Waals surface area contributed by atoms with Gasteiger partial charge in [-0.2, -0.15) is 0 Å². The lowest BCUT2D eigenvalue weighted by Crippen LogP contribution is -2.42. The highest BCUT2D eigenvalue weighted by Crippen LogP contribution is 2.11. The third kappa shape index (κ3) is 4.63. The molecule has 0 heterocycles. The Kier molecular flexibility index (Phi) is 4.55. The van der Waals surface area contributed by atoms with Gasteiger partial charge in [0.1, 0.15) is 11.6 Å². The number of nitrogens with one attached hydrogen (secondary N) is 1. The summed E-state index contributed by atoms with van der Waals surface area (Å²) in [6.07, 6.45) is -0.584. The maximum atomic E-state index is 13.3. The zero-order valence-electron chi connectivity index (χ0n) is 10.1. The minimum absolute atomic E-state index is 0.395. The van der Waals surface area contributed by atoms with E-state index < -0.39 is 47.6 Å². The number of aliphatic carboxylic acids is 1. The summed E-state index contributed by atoms with van der Waals surface area (Å²) in [5, 5.41) is 20.3. The van der Waals surface area contributed by atoms with E-state index in [4.69, 9.17) is 5.11 Å². The number of hydrogen-bond donors (Lipinski definition) is 3. The standard InChI is InChI=1S/C12H13F2NO4/c1-12(19,5-10(16)17)6-15-11(18)8-4-7(13)2-3-9(8)14/h2-4,19H,5-6H2,1H3,(H,15,18)(H,16,17). The summed E-state index contributed by atoms with van der Waals surface area (Å²) in [7, 11) is 0. The Balaban J connectivity index is 2.70. The molecule has 104 valence electrons. The van der Waals surface area contributed by atoms with Crippen LogP contribution in [0.5, 0.6) is 0 Å². The van der Waals surface area contributed by atoms with Crippen LogP contribution < -0.4 is 5.32 Å². The van der Waals surface area contributed by atoms with Crippen molar-refractivity contribution in [1.82, 2.24) is 5.32 Å². The summed E-state index contributed by atoms with van der Waals surface area (Å²) in [6, 6.07) is 2.39. The van der Waals surface area contributed by atoms with Crippen molar-refractivity contribution in [3.8, 4) is 0 Å². The Bertz CT molecular complexity index is 503. The van der Waals surface area contributed by atoms with Crippen molar-refractivity contribution in [1.29, 1.82) is 0 Å². The van der Waals surface area contributed by atoms with Crippen molar-refractivity contribution in [2.45, 2.75) is 18.9 Å². The van der Waals surface area contributed by atoms with Gasteiger partial charge < -0.3 is 15.5 Å². The second-order valence-corrected chi connectivity index (χ2v) is 4.37. The first kappa shape index (κ1) is 15.0. The molecule has 1 aromatic rings. The van der Waals surface area contributed by atoms with Gasteiger partial charge in [-0.15, -0.1) is 0 Å². The third-order valence-corrected chi connectivity index (χ3v) is 2.33. The highest BCUT2D eigenvalue weighted by atomic mass is 19.1. The first-order valence-electron chi connectivity index (χ1n) is 5.39. The fourth-order valence-electron chi connectivity index (χ4n) is 1.43. The van der Waals surface area contributed by atoms with Crippen molar-refractivity contribution >= 4 is 11.9 Å². The van der Waals surface area contributed by atoms with E-state index in [1.807, 2.05) is 0 Å². The fourth-order valence-corrected chi connectivity index (χ4v) is 1.43. The quantitative estimate of drug-likeness (QED) is 0.744. The van der Waals surface area contributed by atoms with E-state index in [9.17, 15) is 23.5 Å². The van der Waals surface area contributed by atoms with Gasteiger partial charge in [0, 0.05) is 6.54 Å². The van der Waals surface area contributed by atoms with Crippen LogP contribution in [0.1, 0.15) is 23.7 Å². The number of hydrogen-bond acceptors (Lipinski definition) is 3. The zero-order valence-corrected chi connectivity index (χ0v) is 10.1. The summed E-state index contributed by atoms with van der Waals surface area (Å²) in [6.45, 7) is 0.817. The molecule has 1 unspecified atom stereocenters. The highest BCUT2D eigenvalue weighted by molar-refractivity contribution is 5.94. The predicted octanol–water partition coefficient (Wildman–Crippen LogP) is 0.920. The topological polar surface area (TPSA) is 86.6 Å². The van der Waals surface area contributed by atoms with Gasteiger partial charge in [0.2, 0.25) is 0 Å². The van der Waals surface area contributed by atoms with Crippen molar-refractivity contribution < 1.29 is 28.6 Å². The molecule has 0 saturated heterocycles. The van der Waals surface area contributed by atoms with Gasteiger partial charge in [0.15, 0.2) is 0 Å². The van der Waals surface area contributed by atoms with Crippen LogP contribution >= 0.6 is 0 Å². The largest absolute Gasteiger partial charge is 0.481 e. The maximum Gasteiger partial charge on any atom is 0.306 e. The van der Waals surface area contributed by atoms with Gasteiger partial charge in [-0.3, -0.25) is 9.59 Å². The highest BCUT2D eigenvalue weighted by Gasteiger charge is 2.25. The molecule has 0 aliphatic rings. The molecule has 0 bridgehead atoms. The second kappa shape index (κ2) is 5.75. The minimum atomic E-state index is -1.68. The van der Waals surface area contributed by atoms with Crippen LogP contribution in [0.2, 0.25) is 0 Å². The number of rotatable bonds is 5. The SMILES string of the molecule is CC(O)(CNC(=O)c1cc(F)ccc1F)CC(=O)O. The van der Waals surface area contributed by atoms with Gasteiger partial charge in [-0.1, -0.05) is 0 Å². The molecule has 5 nitrogen and oxygen atoms in total. The predicted molar refractivity (Wildman–Crippen MR) is 61.6 cm³/mol. The second-order valence-electron chi connectivity index (χ2n) is 4.37. The van der Waals surface area contributed by atoms with E-state index in [-0.39, 0.29) is 0 Å². The number of benzene rings is 1. The molecule has 3 N–H and O–H groups in total. The molecule has 0 radical (unpaired) electrons. The average Bonchev–Trinajstić information content (AvgIpc) is 2.27. The van der Waals surface area contributed by atoms with E-state index in [0.717, 1.165) is 18.2 Å². The van der Waals surface area contributed by atoms with Crippen molar-refractivity contribution in [3.63, 3.8) is 0 Å². The van der Waals surface area contributed by atoms with Crippen LogP contribution in [0.3, 0.4) is 0 Å². The van der Waals surface area contributed by atoms with Gasteiger partial charge >= 0.3 is 5.97 Å². The Hall–Kier alpha value is -2.02. The van der Waals surface area contributed by atoms with Crippen molar-refractivity contribution in [3.05, 3.63) is 35.4 Å². The number of carbonyl (C=O) groups is 2. The lowest BCUT2D eigenvalue weighted by molar-refractivity contribution is -0.141. The Labute approximate surface area is 107 Å². The Morgan fingerprint density at radius 2 is 2.00 bits per heavy atom. The third-order valence-electron chi connectivity index (χ3n) is 2.33. The van der Waals surface area contributed by atoms with Gasteiger partial charge in [-0.25, -0.2) is 8.78 Å². The van der Waals surface area contributed by atoms with Crippen LogP contribution in [0.25, 0.3) is 0 Å². The smallest absolute Gasteiger partial charge is 0.306 e. The molecule has 0 spiro atoms. The molecule has 1 amide bonds. The summed E-state index contributed by atoms with van der Waals surface area (Å²) >= 11 is 0. The Morgan fingerprint density at radius 3 is 2.58 bits per heavy atom. The minimum Gasteiger partial charge on any atom is -0.481 e. The monoisotopic (exact) mass is 273 g/mol. The van der Waals surface area contributed by atoms with Crippen LogP contribution in [-0.4, -0.2) is 34.2 Å². The molecule has 0 aliphatic carbocycles. The average molecular weight is 273 g/mol. The summed E-state index contributed by atoms with van der Waals surface area (Å²) in [5.41, 5.74) is -2.18. The van der Waals surface area contributed by atoms with Gasteiger partial charge in [0.25, 0.3) is 5.91 Å². The van der Waals surface area contributed by atoms with E-state index in [1.54, 1.807) is 0 Å². The van der Waals surface area contributed by atoms with Crippen molar-refractivity contribution in [2.75, 3.05) is 6.54 Å². The number of carbonyl (C=O) groups excluding carboxylic acids is 1. The first-order valence-corrected chi connectivity index (χ1v) is 5.39. The number of aliphatic hydroxyl groups is 1. The Morgan fingerprint density at radius 1 is 1.37 bits per heavy atom. The molecule has 7 heteroatoms. The lowest BCUT2D eigenvalue weighted by Gasteiger charge is -2.21. The molecule has 1 aromatic carbocycles. The van der Waals surface area contributed by atoms with Gasteiger partial charge in [0.05, 0.1) is 17.6 Å². The van der Waals surface area contributed by atoms with Crippen LogP contribution in [0, 0.1) is 11.6 Å². The first-order chi connectivity index (χ1) is 8.71. The van der Waals surface area contributed by atoms with Crippen LogP contribution in [-0.2, 0) is 4.79 Å². The molecular weight excluding hydrogens is 260 g/mol. The number of amides is 1. The van der Waals surface area contributed by atoms with Crippen LogP contribution in [0.4, 0.5) is 8.78 Å². The molecule has 0 aliphatic heterocycles. The number of carboxylic acid groups (broad SMARTS) is 1. The molecular formula is C12H13F2NO4. The van der Waals surface area contributed by atoms with Crippen LogP contribution in [0.15, 0.2) is 18.2 Å². The zero-order chi connectivity index (χ0) is 14.6. The summed E-state index contributed by atoms with van der Waals surface area (Å²) < 4.78 is 26.1. The normalized spacial score (nSPS) is 13.7. The molecule has 0 fully saturated rings. The van der Waals surface area contributed by atoms with Crippen molar-refractivity contribution in [2.24, 2.45) is 0 Å². The molecule has 1 rings (SSSR count). The van der Waals surface area contributed by atoms with E-state index in [0.29, 0.717) is 0 Å². The van der Waals surface area contributed by atoms with E-state index in [2.05, 4.69) is 5.32 Å². The van der Waals surface area contributed by atoms with E-state index in [1.165, 1.54) is 6.92 Å². The summed E-state index contributed by atoms with van der Waals surface area (Å²) in [4.78, 5) is 22.0. The summed E-state index contributed by atoms with van der Waals surface area (Å²) in [5.74, 6) is -3.85. The number of carboxylic acids is 1. The fraction of sp³-hybridized carbons (Fsp3) is 0.333. The molecule has 0 saturated carbocycles. The molecule has 0 aromatic heterocycles. The number of halogens is 2. The lowest BCUT2D eigenvalue weighted by atomic mass is 10.0. The van der Waals surface area contributed by atoms with E-state index >= 15 is 0 Å². The maximum absolute atomic E-state index is 13.3. The van der Waals surface area contributed by atoms with Gasteiger partial charge in [-0.05, 0) is 25.1 Å². The molecule has 19 heavy (non-hydrogen) atoms. The molecule has 1 atom stereocenters.